The van der Waals surface area contributed by atoms with E-state index in [1.807, 2.05) is 19.0 Å². The van der Waals surface area contributed by atoms with Crippen molar-refractivity contribution in [2.24, 2.45) is 0 Å². The quantitative estimate of drug-likeness (QED) is 0.650. The molecule has 0 aromatic heterocycles. The van der Waals surface area contributed by atoms with Crippen molar-refractivity contribution in [2.45, 2.75) is 31.1 Å². The third kappa shape index (κ3) is 6.59. The van der Waals surface area contributed by atoms with E-state index >= 15 is 0 Å². The van der Waals surface area contributed by atoms with Crippen molar-refractivity contribution in [1.29, 1.82) is 0 Å². The summed E-state index contributed by atoms with van der Waals surface area (Å²) >= 11 is 0. The molecule has 0 aliphatic heterocycles. The Hall–Kier alpha value is -1.44. The van der Waals surface area contributed by atoms with Gasteiger partial charge in [-0.05, 0) is 51.7 Å². The van der Waals surface area contributed by atoms with E-state index in [2.05, 4.69) is 11.6 Å². The van der Waals surface area contributed by atoms with Gasteiger partial charge in [-0.3, -0.25) is 4.79 Å². The number of amides is 1. The molecule has 0 spiro atoms. The molecule has 0 heterocycles. The molecule has 0 radical (unpaired) electrons. The molecule has 0 saturated carbocycles. The molecule has 24 heavy (non-hydrogen) atoms. The highest BCUT2D eigenvalue weighted by molar-refractivity contribution is 7.89. The smallest absolute Gasteiger partial charge is 0.253 e. The lowest BCUT2D eigenvalue weighted by Gasteiger charge is -2.17. The van der Waals surface area contributed by atoms with Crippen molar-refractivity contribution < 1.29 is 13.2 Å². The second-order valence-electron chi connectivity index (χ2n) is 6.16. The number of rotatable bonds is 10. The molecular formula is C17H29N3O3S. The van der Waals surface area contributed by atoms with Gasteiger partial charge in [-0.25, -0.2) is 13.1 Å². The number of carbonyl (C=O) groups is 1. The van der Waals surface area contributed by atoms with Crippen LogP contribution in [0.3, 0.4) is 0 Å². The van der Waals surface area contributed by atoms with Crippen LogP contribution in [0, 0.1) is 0 Å². The number of unbranched alkanes of at least 4 members (excludes halogenated alkanes) is 1. The molecule has 0 fully saturated rings. The summed E-state index contributed by atoms with van der Waals surface area (Å²) in [5, 5.41) is 0. The van der Waals surface area contributed by atoms with Gasteiger partial charge in [0.15, 0.2) is 0 Å². The topological polar surface area (TPSA) is 69.7 Å². The molecule has 1 amide bonds. The number of sulfonamides is 1. The standard InChI is InChI=1S/C17H29N3O3S/c1-5-6-13-20(4)17(21)15-9-7-10-16(14-15)24(22,23)18-11-8-12-19(2)3/h7,9-10,14,18H,5-6,8,11-13H2,1-4H3. The van der Waals surface area contributed by atoms with E-state index in [-0.39, 0.29) is 10.8 Å². The summed E-state index contributed by atoms with van der Waals surface area (Å²) in [6.45, 7) is 3.90. The maximum atomic E-state index is 12.4. The second-order valence-corrected chi connectivity index (χ2v) is 7.93. The summed E-state index contributed by atoms with van der Waals surface area (Å²) in [6.07, 6.45) is 2.65. The summed E-state index contributed by atoms with van der Waals surface area (Å²) in [5.41, 5.74) is 0.393. The van der Waals surface area contributed by atoms with Crippen molar-refractivity contribution in [3.8, 4) is 0 Å². The fourth-order valence-corrected chi connectivity index (χ4v) is 3.32. The number of hydrogen-bond acceptors (Lipinski definition) is 4. The van der Waals surface area contributed by atoms with Gasteiger partial charge in [-0.15, -0.1) is 0 Å². The zero-order valence-corrected chi connectivity index (χ0v) is 15.9. The minimum Gasteiger partial charge on any atom is -0.342 e. The van der Waals surface area contributed by atoms with Gasteiger partial charge in [0.2, 0.25) is 10.0 Å². The summed E-state index contributed by atoms with van der Waals surface area (Å²) in [6, 6.07) is 6.21. The van der Waals surface area contributed by atoms with Crippen LogP contribution in [-0.2, 0) is 10.0 Å². The van der Waals surface area contributed by atoms with Crippen LogP contribution in [0.5, 0.6) is 0 Å². The molecule has 7 heteroatoms. The van der Waals surface area contributed by atoms with Crippen LogP contribution in [0.25, 0.3) is 0 Å². The summed E-state index contributed by atoms with van der Waals surface area (Å²) in [4.78, 5) is 16.1. The largest absolute Gasteiger partial charge is 0.342 e. The van der Waals surface area contributed by atoms with Crippen molar-refractivity contribution in [3.05, 3.63) is 29.8 Å². The SMILES string of the molecule is CCCCN(C)C(=O)c1cccc(S(=O)(=O)NCCCN(C)C)c1. The van der Waals surface area contributed by atoms with E-state index < -0.39 is 10.0 Å². The van der Waals surface area contributed by atoms with Crippen molar-refractivity contribution in [2.75, 3.05) is 40.8 Å². The van der Waals surface area contributed by atoms with Crippen LogP contribution < -0.4 is 4.72 Å². The van der Waals surface area contributed by atoms with Gasteiger partial charge in [-0.2, -0.15) is 0 Å². The van der Waals surface area contributed by atoms with Crippen molar-refractivity contribution >= 4 is 15.9 Å². The van der Waals surface area contributed by atoms with Gasteiger partial charge in [-0.1, -0.05) is 19.4 Å². The molecule has 6 nitrogen and oxygen atoms in total. The van der Waals surface area contributed by atoms with Crippen LogP contribution in [-0.4, -0.2) is 64.9 Å². The lowest BCUT2D eigenvalue weighted by molar-refractivity contribution is 0.0793. The van der Waals surface area contributed by atoms with E-state index in [4.69, 9.17) is 0 Å². The minimum absolute atomic E-state index is 0.127. The third-order valence-corrected chi connectivity index (χ3v) is 5.12. The second kappa shape index (κ2) is 9.76. The Morgan fingerprint density at radius 2 is 1.83 bits per heavy atom. The molecule has 0 saturated heterocycles. The van der Waals surface area contributed by atoms with Gasteiger partial charge in [0.1, 0.15) is 0 Å². The molecule has 136 valence electrons. The number of benzene rings is 1. The molecule has 0 atom stereocenters. The Kier molecular flexibility index (Phi) is 8.38. The summed E-state index contributed by atoms with van der Waals surface area (Å²) in [5.74, 6) is -0.159. The number of nitrogens with zero attached hydrogens (tertiary/aromatic N) is 2. The van der Waals surface area contributed by atoms with E-state index in [1.165, 1.54) is 12.1 Å². The van der Waals surface area contributed by atoms with Crippen molar-refractivity contribution in [1.82, 2.24) is 14.5 Å². The summed E-state index contributed by atoms with van der Waals surface area (Å²) < 4.78 is 27.3. The zero-order valence-electron chi connectivity index (χ0n) is 15.1. The third-order valence-electron chi connectivity index (χ3n) is 3.66. The molecule has 0 unspecified atom stereocenters. The lowest BCUT2D eigenvalue weighted by atomic mass is 10.2. The average molecular weight is 356 g/mol. The van der Waals surface area contributed by atoms with E-state index in [0.717, 1.165) is 25.8 Å². The molecule has 1 aromatic carbocycles. The Balaban J connectivity index is 2.77. The fraction of sp³-hybridized carbons (Fsp3) is 0.588. The highest BCUT2D eigenvalue weighted by Gasteiger charge is 2.17. The minimum atomic E-state index is -3.60. The number of nitrogens with one attached hydrogen (secondary N) is 1. The Morgan fingerprint density at radius 1 is 1.12 bits per heavy atom. The molecule has 1 N–H and O–H groups in total. The van der Waals surface area contributed by atoms with E-state index in [1.54, 1.807) is 24.1 Å². The van der Waals surface area contributed by atoms with Gasteiger partial charge in [0.25, 0.3) is 5.91 Å². The monoisotopic (exact) mass is 355 g/mol. The average Bonchev–Trinajstić information content (AvgIpc) is 2.56. The van der Waals surface area contributed by atoms with Crippen LogP contribution >= 0.6 is 0 Å². The molecule has 1 rings (SSSR count). The first-order valence-electron chi connectivity index (χ1n) is 8.28. The predicted octanol–water partition coefficient (Wildman–Crippen LogP) is 1.79. The van der Waals surface area contributed by atoms with Gasteiger partial charge >= 0.3 is 0 Å². The first kappa shape index (κ1) is 20.6. The van der Waals surface area contributed by atoms with E-state index in [9.17, 15) is 13.2 Å². The molecule has 0 aliphatic carbocycles. The maximum Gasteiger partial charge on any atom is 0.253 e. The number of carbonyl (C=O) groups excluding carboxylic acids is 1. The van der Waals surface area contributed by atoms with Gasteiger partial charge in [0, 0.05) is 25.7 Å². The maximum absolute atomic E-state index is 12.4. The molecular weight excluding hydrogens is 326 g/mol. The van der Waals surface area contributed by atoms with Crippen LogP contribution in [0.4, 0.5) is 0 Å². The first-order valence-corrected chi connectivity index (χ1v) is 9.76. The fourth-order valence-electron chi connectivity index (χ4n) is 2.20. The van der Waals surface area contributed by atoms with Gasteiger partial charge in [0.05, 0.1) is 4.90 Å². The predicted molar refractivity (Wildman–Crippen MR) is 96.7 cm³/mol. The van der Waals surface area contributed by atoms with Crippen LogP contribution in [0.1, 0.15) is 36.5 Å². The highest BCUT2D eigenvalue weighted by atomic mass is 32.2. The lowest BCUT2D eigenvalue weighted by Crippen LogP contribution is -2.29. The first-order chi connectivity index (χ1) is 11.3. The zero-order chi connectivity index (χ0) is 18.2. The van der Waals surface area contributed by atoms with Crippen LogP contribution in [0.15, 0.2) is 29.2 Å². The summed E-state index contributed by atoms with van der Waals surface area (Å²) in [7, 11) is 2.02. The highest BCUT2D eigenvalue weighted by Crippen LogP contribution is 2.13. The molecule has 1 aromatic rings. The van der Waals surface area contributed by atoms with Gasteiger partial charge < -0.3 is 9.80 Å². The Bertz CT molecular complexity index is 630. The number of hydrogen-bond donors (Lipinski definition) is 1. The van der Waals surface area contributed by atoms with E-state index in [0.29, 0.717) is 18.7 Å². The molecule has 0 bridgehead atoms. The normalized spacial score (nSPS) is 11.7. The Labute approximate surface area is 145 Å². The van der Waals surface area contributed by atoms with Crippen LogP contribution in [0.2, 0.25) is 0 Å². The Morgan fingerprint density at radius 3 is 2.46 bits per heavy atom. The van der Waals surface area contributed by atoms with Crippen molar-refractivity contribution in [3.63, 3.8) is 0 Å². The molecule has 0 aliphatic rings.